The van der Waals surface area contributed by atoms with E-state index in [4.69, 9.17) is 4.42 Å². The lowest BCUT2D eigenvalue weighted by Gasteiger charge is -2.30. The topological polar surface area (TPSA) is 64.8 Å². The van der Waals surface area contributed by atoms with E-state index in [0.29, 0.717) is 19.4 Å². The van der Waals surface area contributed by atoms with Crippen molar-refractivity contribution in [2.24, 2.45) is 5.92 Å². The first-order valence-electron chi connectivity index (χ1n) is 8.05. The Morgan fingerprint density at radius 2 is 2.00 bits per heavy atom. The van der Waals surface area contributed by atoms with Gasteiger partial charge in [-0.15, -0.1) is 8.78 Å². The van der Waals surface area contributed by atoms with E-state index in [0.717, 1.165) is 18.7 Å². The molecule has 2 aliphatic heterocycles. The summed E-state index contributed by atoms with van der Waals surface area (Å²) in [6, 6.07) is 4.80. The minimum absolute atomic E-state index is 0.0454. The second-order valence-electron chi connectivity index (χ2n) is 6.20. The summed E-state index contributed by atoms with van der Waals surface area (Å²) in [5, 5.41) is 0. The molecule has 3 heterocycles. The van der Waals surface area contributed by atoms with E-state index in [-0.39, 0.29) is 29.1 Å². The molecule has 0 radical (unpaired) electrons. The molecule has 0 unspecified atom stereocenters. The van der Waals surface area contributed by atoms with Crippen molar-refractivity contribution in [2.45, 2.75) is 25.7 Å². The first-order valence-corrected chi connectivity index (χ1v) is 8.05. The third-order valence-electron chi connectivity index (χ3n) is 4.47. The number of nitrogens with zero attached hydrogens (tertiary/aromatic N) is 2. The largest absolute Gasteiger partial charge is 0.586 e. The van der Waals surface area contributed by atoms with Crippen LogP contribution in [0.1, 0.15) is 29.1 Å². The Labute approximate surface area is 142 Å². The van der Waals surface area contributed by atoms with Gasteiger partial charge in [0.05, 0.1) is 6.20 Å². The van der Waals surface area contributed by atoms with Crippen LogP contribution in [0.2, 0.25) is 0 Å². The van der Waals surface area contributed by atoms with Gasteiger partial charge in [0.15, 0.2) is 11.5 Å². The molecule has 1 saturated heterocycles. The third-order valence-corrected chi connectivity index (χ3v) is 4.47. The molecule has 25 heavy (non-hydrogen) atoms. The van der Waals surface area contributed by atoms with Crippen LogP contribution >= 0.6 is 0 Å². The van der Waals surface area contributed by atoms with Crippen LogP contribution in [-0.2, 0) is 6.54 Å². The van der Waals surface area contributed by atoms with Crippen LogP contribution in [0.15, 0.2) is 35.1 Å². The highest BCUT2D eigenvalue weighted by Crippen LogP contribution is 2.41. The molecule has 1 aromatic carbocycles. The maximum absolute atomic E-state index is 13.1. The van der Waals surface area contributed by atoms with Gasteiger partial charge in [0, 0.05) is 12.5 Å². The fourth-order valence-electron chi connectivity index (χ4n) is 3.22. The lowest BCUT2D eigenvalue weighted by molar-refractivity contribution is -0.286. The highest BCUT2D eigenvalue weighted by atomic mass is 19.3. The smallest absolute Gasteiger partial charge is 0.442 e. The minimum atomic E-state index is -3.60. The molecule has 2 aliphatic rings. The molecular weight excluding hydrogens is 334 g/mol. The van der Waals surface area contributed by atoms with Crippen LogP contribution in [0.4, 0.5) is 8.78 Å². The Hall–Kier alpha value is -2.48. The molecule has 132 valence electrons. The predicted molar refractivity (Wildman–Crippen MR) is 81.5 cm³/mol. The molecule has 1 fully saturated rings. The molecular formula is C17H16F2N2O4. The Morgan fingerprint density at radius 1 is 1.24 bits per heavy atom. The minimum Gasteiger partial charge on any atom is -0.442 e. The number of alkyl halides is 2. The molecule has 0 amide bonds. The Balaban J connectivity index is 1.34. The van der Waals surface area contributed by atoms with E-state index in [1.54, 1.807) is 12.1 Å². The van der Waals surface area contributed by atoms with E-state index in [2.05, 4.69) is 19.4 Å². The number of carbonyl (C=O) groups excluding carboxylic acids is 1. The molecule has 0 bridgehead atoms. The molecule has 4 rings (SSSR count). The predicted octanol–water partition coefficient (Wildman–Crippen LogP) is 3.09. The fraction of sp³-hybridized carbons (Fsp3) is 0.412. The number of hydrogen-bond donors (Lipinski definition) is 0. The molecule has 1 aromatic heterocycles. The van der Waals surface area contributed by atoms with Crippen molar-refractivity contribution >= 4 is 5.78 Å². The van der Waals surface area contributed by atoms with E-state index in [1.165, 1.54) is 18.5 Å². The molecule has 6 nitrogen and oxygen atoms in total. The zero-order chi connectivity index (χ0) is 17.4. The molecule has 8 heteroatoms. The van der Waals surface area contributed by atoms with Gasteiger partial charge >= 0.3 is 6.29 Å². The number of piperidine rings is 1. The highest BCUT2D eigenvalue weighted by Gasteiger charge is 2.43. The maximum Gasteiger partial charge on any atom is 0.586 e. The van der Waals surface area contributed by atoms with Crippen molar-refractivity contribution in [3.8, 4) is 11.5 Å². The van der Waals surface area contributed by atoms with Gasteiger partial charge in [0.2, 0.25) is 5.78 Å². The van der Waals surface area contributed by atoms with Crippen molar-refractivity contribution in [2.75, 3.05) is 13.1 Å². The van der Waals surface area contributed by atoms with Crippen molar-refractivity contribution in [3.05, 3.63) is 42.1 Å². The summed E-state index contributed by atoms with van der Waals surface area (Å²) in [5.41, 5.74) is 0.859. The van der Waals surface area contributed by atoms with Crippen molar-refractivity contribution in [3.63, 3.8) is 0 Å². The number of benzene rings is 1. The number of halogens is 2. The Morgan fingerprint density at radius 3 is 2.72 bits per heavy atom. The molecule has 0 atom stereocenters. The molecule has 2 aromatic rings. The number of fused-ring (bicyclic) bond motifs is 1. The van der Waals surface area contributed by atoms with E-state index in [1.807, 2.05) is 0 Å². The quantitative estimate of drug-likeness (QED) is 0.790. The zero-order valence-electron chi connectivity index (χ0n) is 13.3. The lowest BCUT2D eigenvalue weighted by atomic mass is 9.92. The number of oxazole rings is 1. The summed E-state index contributed by atoms with van der Waals surface area (Å²) in [6.45, 7) is 2.07. The second-order valence-corrected chi connectivity index (χ2v) is 6.20. The number of ketones is 1. The SMILES string of the molecule is O=C(c1ncco1)C1CCN(Cc2ccc3c(c2)OC(F)(F)O3)CC1. The van der Waals surface area contributed by atoms with Crippen LogP contribution in [0, 0.1) is 5.92 Å². The van der Waals surface area contributed by atoms with Gasteiger partial charge in [0.25, 0.3) is 5.89 Å². The van der Waals surface area contributed by atoms with E-state index in [9.17, 15) is 13.6 Å². The molecule has 0 N–H and O–H groups in total. The van der Waals surface area contributed by atoms with Gasteiger partial charge < -0.3 is 13.9 Å². The first kappa shape index (κ1) is 16.0. The molecule has 0 aliphatic carbocycles. The number of aromatic nitrogens is 1. The Kier molecular flexibility index (Phi) is 3.91. The Bertz CT molecular complexity index is 771. The monoisotopic (exact) mass is 350 g/mol. The summed E-state index contributed by atoms with van der Waals surface area (Å²) in [7, 11) is 0. The van der Waals surface area contributed by atoms with Gasteiger partial charge in [-0.1, -0.05) is 6.07 Å². The highest BCUT2D eigenvalue weighted by molar-refractivity contribution is 5.93. The van der Waals surface area contributed by atoms with Gasteiger partial charge in [-0.3, -0.25) is 9.69 Å². The fourth-order valence-corrected chi connectivity index (χ4v) is 3.22. The van der Waals surface area contributed by atoms with Crippen LogP contribution in [0.3, 0.4) is 0 Å². The number of hydrogen-bond acceptors (Lipinski definition) is 6. The zero-order valence-corrected chi connectivity index (χ0v) is 13.3. The maximum atomic E-state index is 13.1. The van der Waals surface area contributed by atoms with E-state index < -0.39 is 6.29 Å². The van der Waals surface area contributed by atoms with Gasteiger partial charge in [-0.25, -0.2) is 4.98 Å². The van der Waals surface area contributed by atoms with Crippen molar-refractivity contribution in [1.82, 2.24) is 9.88 Å². The number of ether oxygens (including phenoxy) is 2. The summed E-state index contributed by atoms with van der Waals surface area (Å²) >= 11 is 0. The standard InChI is InChI=1S/C17H16F2N2O4/c18-17(19)24-13-2-1-11(9-14(13)25-17)10-21-6-3-12(4-7-21)15(22)16-20-5-8-23-16/h1-2,5,8-9,12H,3-4,6-7,10H2. The summed E-state index contributed by atoms with van der Waals surface area (Å²) < 4.78 is 40.1. The lowest BCUT2D eigenvalue weighted by Crippen LogP contribution is -2.36. The van der Waals surface area contributed by atoms with E-state index >= 15 is 0 Å². The van der Waals surface area contributed by atoms with Crippen molar-refractivity contribution < 1.29 is 27.5 Å². The summed E-state index contributed by atoms with van der Waals surface area (Å²) in [6.07, 6.45) is 0.685. The van der Waals surface area contributed by atoms with Gasteiger partial charge in [-0.2, -0.15) is 0 Å². The third kappa shape index (κ3) is 3.34. The summed E-state index contributed by atoms with van der Waals surface area (Å²) in [5.74, 6) is 0.107. The molecule has 0 saturated carbocycles. The number of rotatable bonds is 4. The van der Waals surface area contributed by atoms with Crippen LogP contribution in [0.25, 0.3) is 0 Å². The number of likely N-dealkylation sites (tertiary alicyclic amines) is 1. The molecule has 0 spiro atoms. The first-order chi connectivity index (χ1) is 12.0. The van der Waals surface area contributed by atoms with Crippen LogP contribution < -0.4 is 9.47 Å². The average Bonchev–Trinajstić information content (AvgIpc) is 3.21. The normalized spacial score (nSPS) is 19.9. The van der Waals surface area contributed by atoms with Gasteiger partial charge in [-0.05, 0) is 43.6 Å². The van der Waals surface area contributed by atoms with Crippen LogP contribution in [0.5, 0.6) is 11.5 Å². The van der Waals surface area contributed by atoms with Gasteiger partial charge in [0.1, 0.15) is 6.26 Å². The summed E-state index contributed by atoms with van der Waals surface area (Å²) in [4.78, 5) is 18.3. The number of carbonyl (C=O) groups is 1. The number of Topliss-reactive ketones (excluding diaryl/α,β-unsaturated/α-hetero) is 1. The van der Waals surface area contributed by atoms with Crippen LogP contribution in [-0.4, -0.2) is 35.1 Å². The average molecular weight is 350 g/mol. The second kappa shape index (κ2) is 6.11. The van der Waals surface area contributed by atoms with Crippen molar-refractivity contribution in [1.29, 1.82) is 0 Å².